The lowest BCUT2D eigenvalue weighted by molar-refractivity contribution is 0.0516. The average Bonchev–Trinajstić information content (AvgIpc) is 3.16. The first-order valence-electron chi connectivity index (χ1n) is 8.83. The number of aromatic nitrogens is 3. The molecule has 4 rings (SSSR count). The van der Waals surface area contributed by atoms with Gasteiger partial charge < -0.3 is 9.64 Å². The van der Waals surface area contributed by atoms with E-state index in [9.17, 15) is 4.79 Å². The van der Waals surface area contributed by atoms with E-state index in [0.29, 0.717) is 18.1 Å². The number of fused-ring (bicyclic) bond motifs is 1. The van der Waals surface area contributed by atoms with Gasteiger partial charge in [0.2, 0.25) is 0 Å². The molecule has 2 aromatic heterocycles. The van der Waals surface area contributed by atoms with Crippen LogP contribution in [0.5, 0.6) is 6.01 Å². The Labute approximate surface area is 155 Å². The molecule has 26 heavy (non-hydrogen) atoms. The molecule has 3 heterocycles. The Morgan fingerprint density at radius 3 is 2.96 bits per heavy atom. The molecular weight excluding hydrogens is 348 g/mol. The second-order valence-corrected chi connectivity index (χ2v) is 7.28. The summed E-state index contributed by atoms with van der Waals surface area (Å²) >= 11 is 1.55. The molecule has 0 N–H and O–H groups in total. The Balaban J connectivity index is 1.44. The van der Waals surface area contributed by atoms with Crippen LogP contribution in [-0.4, -0.2) is 45.0 Å². The zero-order chi connectivity index (χ0) is 17.9. The molecule has 1 amide bonds. The van der Waals surface area contributed by atoms with Crippen molar-refractivity contribution in [2.45, 2.75) is 32.3 Å². The Kier molecular flexibility index (Phi) is 4.79. The fraction of sp³-hybridized carbons (Fsp3) is 0.368. The van der Waals surface area contributed by atoms with Crippen molar-refractivity contribution in [2.24, 2.45) is 0 Å². The number of piperidine rings is 1. The molecule has 1 fully saturated rings. The van der Waals surface area contributed by atoms with Gasteiger partial charge in [-0.05, 0) is 43.0 Å². The number of aryl methyl sites for hydroxylation is 1. The van der Waals surface area contributed by atoms with E-state index in [1.165, 1.54) is 0 Å². The van der Waals surface area contributed by atoms with Crippen LogP contribution < -0.4 is 4.74 Å². The van der Waals surface area contributed by atoms with Gasteiger partial charge in [0.25, 0.3) is 5.91 Å². The fourth-order valence-electron chi connectivity index (χ4n) is 3.12. The zero-order valence-electron chi connectivity index (χ0n) is 14.6. The van der Waals surface area contributed by atoms with Crippen molar-refractivity contribution < 1.29 is 9.53 Å². The standard InChI is InChI=1S/C19H20N4O2S/c1-2-13-9-20-19(21-10-13)25-15-4-3-7-23(11-15)18(24)14-5-6-16-17(8-14)26-12-22-16/h5-6,8-10,12,15H,2-4,7,11H2,1H3. The predicted octanol–water partition coefficient (Wildman–Crippen LogP) is 3.33. The van der Waals surface area contributed by atoms with E-state index in [1.54, 1.807) is 29.2 Å². The molecule has 0 saturated carbocycles. The maximum Gasteiger partial charge on any atom is 0.316 e. The SMILES string of the molecule is CCc1cnc(OC2CCCN(C(=O)c3ccc4ncsc4c3)C2)nc1. The first-order valence-corrected chi connectivity index (χ1v) is 9.71. The highest BCUT2D eigenvalue weighted by Crippen LogP contribution is 2.22. The van der Waals surface area contributed by atoms with Crippen LogP contribution in [0.2, 0.25) is 0 Å². The molecule has 1 aliphatic heterocycles. The van der Waals surface area contributed by atoms with E-state index in [1.807, 2.05) is 23.1 Å². The van der Waals surface area contributed by atoms with Gasteiger partial charge in [-0.25, -0.2) is 15.0 Å². The van der Waals surface area contributed by atoms with Crippen molar-refractivity contribution in [1.29, 1.82) is 0 Å². The highest BCUT2D eigenvalue weighted by atomic mass is 32.1. The van der Waals surface area contributed by atoms with E-state index < -0.39 is 0 Å². The molecule has 134 valence electrons. The van der Waals surface area contributed by atoms with Crippen LogP contribution in [-0.2, 0) is 6.42 Å². The quantitative estimate of drug-likeness (QED) is 0.706. The zero-order valence-corrected chi connectivity index (χ0v) is 15.4. The summed E-state index contributed by atoms with van der Waals surface area (Å²) in [5.41, 5.74) is 4.51. The molecule has 1 aliphatic rings. The van der Waals surface area contributed by atoms with E-state index in [-0.39, 0.29) is 12.0 Å². The van der Waals surface area contributed by atoms with Gasteiger partial charge in [0, 0.05) is 24.5 Å². The molecule has 1 atom stereocenters. The Morgan fingerprint density at radius 2 is 2.15 bits per heavy atom. The third-order valence-corrected chi connectivity index (χ3v) is 5.40. The number of rotatable bonds is 4. The number of thiazole rings is 1. The van der Waals surface area contributed by atoms with Gasteiger partial charge in [0.1, 0.15) is 6.10 Å². The first kappa shape index (κ1) is 16.9. The normalized spacial score (nSPS) is 17.4. The molecule has 0 radical (unpaired) electrons. The number of nitrogens with zero attached hydrogens (tertiary/aromatic N) is 4. The number of hydrogen-bond donors (Lipinski definition) is 0. The Hall–Kier alpha value is -2.54. The number of ether oxygens (including phenoxy) is 1. The summed E-state index contributed by atoms with van der Waals surface area (Å²) in [5, 5.41) is 0. The number of benzene rings is 1. The van der Waals surface area contributed by atoms with Crippen LogP contribution in [0.1, 0.15) is 35.7 Å². The van der Waals surface area contributed by atoms with E-state index in [4.69, 9.17) is 4.74 Å². The summed E-state index contributed by atoms with van der Waals surface area (Å²) in [5.74, 6) is 0.0378. The highest BCUT2D eigenvalue weighted by molar-refractivity contribution is 7.16. The van der Waals surface area contributed by atoms with Crippen molar-refractivity contribution in [3.8, 4) is 6.01 Å². The molecule has 1 aromatic carbocycles. The largest absolute Gasteiger partial charge is 0.458 e. The van der Waals surface area contributed by atoms with Gasteiger partial charge in [-0.1, -0.05) is 6.92 Å². The second kappa shape index (κ2) is 7.37. The van der Waals surface area contributed by atoms with Gasteiger partial charge in [-0.2, -0.15) is 0 Å². The summed E-state index contributed by atoms with van der Waals surface area (Å²) in [4.78, 5) is 27.5. The van der Waals surface area contributed by atoms with Gasteiger partial charge in [-0.3, -0.25) is 4.79 Å². The van der Waals surface area contributed by atoms with Crippen LogP contribution >= 0.6 is 11.3 Å². The van der Waals surface area contributed by atoms with Crippen molar-refractivity contribution in [2.75, 3.05) is 13.1 Å². The molecule has 0 bridgehead atoms. The summed E-state index contributed by atoms with van der Waals surface area (Å²) in [7, 11) is 0. The third kappa shape index (κ3) is 3.53. The summed E-state index contributed by atoms with van der Waals surface area (Å²) < 4.78 is 6.94. The molecule has 3 aromatic rings. The van der Waals surface area contributed by atoms with Crippen molar-refractivity contribution in [3.05, 3.63) is 47.2 Å². The van der Waals surface area contributed by atoms with Gasteiger partial charge in [-0.15, -0.1) is 11.3 Å². The third-order valence-electron chi connectivity index (χ3n) is 4.61. The lowest BCUT2D eigenvalue weighted by Gasteiger charge is -2.32. The molecule has 1 unspecified atom stereocenters. The topological polar surface area (TPSA) is 68.2 Å². The second-order valence-electron chi connectivity index (χ2n) is 6.40. The molecule has 7 heteroatoms. The van der Waals surface area contributed by atoms with Gasteiger partial charge in [0.05, 0.1) is 22.3 Å². The minimum atomic E-state index is -0.0766. The Morgan fingerprint density at radius 1 is 1.31 bits per heavy atom. The minimum absolute atomic E-state index is 0.0378. The molecule has 0 spiro atoms. The molecule has 1 saturated heterocycles. The highest BCUT2D eigenvalue weighted by Gasteiger charge is 2.26. The monoisotopic (exact) mass is 368 g/mol. The van der Waals surface area contributed by atoms with Crippen molar-refractivity contribution >= 4 is 27.5 Å². The molecule has 6 nitrogen and oxygen atoms in total. The fourth-order valence-corrected chi connectivity index (χ4v) is 3.84. The van der Waals surface area contributed by atoms with Crippen molar-refractivity contribution in [3.63, 3.8) is 0 Å². The lowest BCUT2D eigenvalue weighted by atomic mass is 10.1. The Bertz CT molecular complexity index is 909. The average molecular weight is 368 g/mol. The van der Waals surface area contributed by atoms with Crippen LogP contribution in [0.15, 0.2) is 36.1 Å². The number of carbonyl (C=O) groups excluding carboxylic acids is 1. The van der Waals surface area contributed by atoms with Crippen LogP contribution in [0.25, 0.3) is 10.2 Å². The summed E-state index contributed by atoms with van der Waals surface area (Å²) in [6.45, 7) is 3.36. The maximum absolute atomic E-state index is 12.9. The van der Waals surface area contributed by atoms with Crippen LogP contribution in [0.4, 0.5) is 0 Å². The van der Waals surface area contributed by atoms with E-state index in [0.717, 1.165) is 41.6 Å². The number of carbonyl (C=O) groups is 1. The van der Waals surface area contributed by atoms with E-state index >= 15 is 0 Å². The smallest absolute Gasteiger partial charge is 0.316 e. The number of likely N-dealkylation sites (tertiary alicyclic amines) is 1. The van der Waals surface area contributed by atoms with E-state index in [2.05, 4.69) is 21.9 Å². The number of amides is 1. The number of hydrogen-bond acceptors (Lipinski definition) is 6. The van der Waals surface area contributed by atoms with Crippen molar-refractivity contribution in [1.82, 2.24) is 19.9 Å². The molecule has 0 aliphatic carbocycles. The lowest BCUT2D eigenvalue weighted by Crippen LogP contribution is -2.44. The summed E-state index contributed by atoms with van der Waals surface area (Å²) in [6, 6.07) is 6.06. The minimum Gasteiger partial charge on any atom is -0.458 e. The maximum atomic E-state index is 12.9. The molecular formula is C19H20N4O2S. The van der Waals surface area contributed by atoms with Gasteiger partial charge >= 0.3 is 6.01 Å². The van der Waals surface area contributed by atoms with Gasteiger partial charge in [0.15, 0.2) is 0 Å². The first-order chi connectivity index (χ1) is 12.7. The van der Waals surface area contributed by atoms with Crippen LogP contribution in [0, 0.1) is 0 Å². The van der Waals surface area contributed by atoms with Crippen LogP contribution in [0.3, 0.4) is 0 Å². The summed E-state index contributed by atoms with van der Waals surface area (Å²) in [6.07, 6.45) is 6.21. The predicted molar refractivity (Wildman–Crippen MR) is 101 cm³/mol.